The van der Waals surface area contributed by atoms with Crippen LogP contribution in [0.5, 0.6) is 0 Å². The molecule has 0 spiro atoms. The highest BCUT2D eigenvalue weighted by Gasteiger charge is 2.12. The van der Waals surface area contributed by atoms with Crippen LogP contribution in [0.1, 0.15) is 21.6 Å². The van der Waals surface area contributed by atoms with E-state index in [1.54, 1.807) is 17.9 Å². The molecule has 0 aliphatic rings. The van der Waals surface area contributed by atoms with Gasteiger partial charge >= 0.3 is 0 Å². The Hall–Kier alpha value is -2.14. The Labute approximate surface area is 106 Å². The first-order valence-electron chi connectivity index (χ1n) is 5.70. The van der Waals surface area contributed by atoms with E-state index in [0.29, 0.717) is 17.8 Å². The molecule has 0 saturated heterocycles. The summed E-state index contributed by atoms with van der Waals surface area (Å²) in [6.07, 6.45) is 1.71. The second kappa shape index (κ2) is 5.01. The summed E-state index contributed by atoms with van der Waals surface area (Å²) in [7, 11) is 1.79. The van der Waals surface area contributed by atoms with Crippen LogP contribution in [-0.2, 0) is 13.6 Å². The van der Waals surface area contributed by atoms with Crippen LogP contribution in [-0.4, -0.2) is 15.7 Å². The number of aromatic nitrogens is 2. The fourth-order valence-corrected chi connectivity index (χ4v) is 1.80. The molecule has 2 aromatic rings. The third-order valence-corrected chi connectivity index (χ3v) is 2.68. The fourth-order valence-electron chi connectivity index (χ4n) is 1.80. The second-order valence-corrected chi connectivity index (χ2v) is 4.16. The summed E-state index contributed by atoms with van der Waals surface area (Å²) in [4.78, 5) is 12.1. The van der Waals surface area contributed by atoms with Gasteiger partial charge in [0.25, 0.3) is 5.91 Å². The van der Waals surface area contributed by atoms with Gasteiger partial charge in [0.15, 0.2) is 0 Å². The van der Waals surface area contributed by atoms with Crippen molar-refractivity contribution in [3.8, 4) is 0 Å². The molecule has 0 bridgehead atoms. The maximum Gasteiger partial charge on any atom is 0.259 e. The number of benzene rings is 1. The maximum absolute atomic E-state index is 12.1. The Morgan fingerprint density at radius 2 is 2.28 bits per heavy atom. The van der Waals surface area contributed by atoms with Crippen LogP contribution in [0.4, 0.5) is 5.69 Å². The van der Waals surface area contributed by atoms with Crippen LogP contribution in [0.25, 0.3) is 0 Å². The van der Waals surface area contributed by atoms with Crippen LogP contribution in [0.3, 0.4) is 0 Å². The molecule has 0 fully saturated rings. The molecule has 18 heavy (non-hydrogen) atoms. The summed E-state index contributed by atoms with van der Waals surface area (Å²) in [6.45, 7) is 2.26. The zero-order valence-corrected chi connectivity index (χ0v) is 10.5. The zero-order chi connectivity index (χ0) is 13.1. The molecular weight excluding hydrogens is 228 g/mol. The molecule has 0 unspecified atom stereocenters. The number of anilines is 1. The Morgan fingerprint density at radius 1 is 1.50 bits per heavy atom. The molecule has 94 valence electrons. The van der Waals surface area contributed by atoms with Gasteiger partial charge in [-0.05, 0) is 24.6 Å². The van der Waals surface area contributed by atoms with Crippen LogP contribution >= 0.6 is 0 Å². The summed E-state index contributed by atoms with van der Waals surface area (Å²) < 4.78 is 1.63. The van der Waals surface area contributed by atoms with E-state index >= 15 is 0 Å². The quantitative estimate of drug-likeness (QED) is 0.858. The molecule has 0 saturated carbocycles. The lowest BCUT2D eigenvalue weighted by atomic mass is 10.2. The molecule has 1 aromatic heterocycles. The first-order chi connectivity index (χ1) is 8.60. The van der Waals surface area contributed by atoms with Crippen molar-refractivity contribution in [2.75, 3.05) is 5.32 Å². The predicted molar refractivity (Wildman–Crippen MR) is 70.2 cm³/mol. The van der Waals surface area contributed by atoms with Gasteiger partial charge in [-0.3, -0.25) is 9.48 Å². The molecular formula is C13H16N4O. The van der Waals surface area contributed by atoms with Gasteiger partial charge < -0.3 is 11.1 Å². The van der Waals surface area contributed by atoms with E-state index in [0.717, 1.165) is 11.3 Å². The standard InChI is InChI=1S/C13H16N4O/c1-9-12(8-17(2)16-9)13(18)15-11-5-3-4-10(6-11)7-14/h3-6,8H,7,14H2,1-2H3,(H,15,18). The lowest BCUT2D eigenvalue weighted by Gasteiger charge is -2.05. The van der Waals surface area contributed by atoms with Gasteiger partial charge in [0.1, 0.15) is 0 Å². The lowest BCUT2D eigenvalue weighted by molar-refractivity contribution is 0.102. The van der Waals surface area contributed by atoms with Crippen molar-refractivity contribution in [1.82, 2.24) is 9.78 Å². The molecule has 1 amide bonds. The number of rotatable bonds is 3. The number of hydrogen-bond donors (Lipinski definition) is 2. The summed E-state index contributed by atoms with van der Waals surface area (Å²) in [5.74, 6) is -0.158. The van der Waals surface area contributed by atoms with Gasteiger partial charge in [-0.1, -0.05) is 12.1 Å². The molecule has 5 nitrogen and oxygen atoms in total. The van der Waals surface area contributed by atoms with Crippen molar-refractivity contribution in [1.29, 1.82) is 0 Å². The fraction of sp³-hybridized carbons (Fsp3) is 0.231. The van der Waals surface area contributed by atoms with Gasteiger partial charge in [-0.15, -0.1) is 0 Å². The summed E-state index contributed by atoms with van der Waals surface area (Å²) in [5.41, 5.74) is 8.58. The molecule has 5 heteroatoms. The minimum Gasteiger partial charge on any atom is -0.326 e. The Balaban J connectivity index is 2.18. The highest BCUT2D eigenvalue weighted by atomic mass is 16.1. The number of hydrogen-bond acceptors (Lipinski definition) is 3. The van der Waals surface area contributed by atoms with E-state index in [9.17, 15) is 4.79 Å². The topological polar surface area (TPSA) is 72.9 Å². The zero-order valence-electron chi connectivity index (χ0n) is 10.5. The van der Waals surface area contributed by atoms with Crippen molar-refractivity contribution in [3.05, 3.63) is 47.3 Å². The largest absolute Gasteiger partial charge is 0.326 e. The van der Waals surface area contributed by atoms with E-state index in [1.165, 1.54) is 0 Å². The highest BCUT2D eigenvalue weighted by Crippen LogP contribution is 2.13. The predicted octanol–water partition coefficient (Wildman–Crippen LogP) is 1.44. The molecule has 3 N–H and O–H groups in total. The summed E-state index contributed by atoms with van der Waals surface area (Å²) in [5, 5.41) is 6.98. The van der Waals surface area contributed by atoms with Gasteiger partial charge in [0.2, 0.25) is 0 Å². The monoisotopic (exact) mass is 244 g/mol. The van der Waals surface area contributed by atoms with Crippen molar-refractivity contribution < 1.29 is 4.79 Å². The number of carbonyl (C=O) groups excluding carboxylic acids is 1. The van der Waals surface area contributed by atoms with Crippen LogP contribution < -0.4 is 11.1 Å². The number of nitrogens with one attached hydrogen (secondary N) is 1. The smallest absolute Gasteiger partial charge is 0.259 e. The number of nitrogens with zero attached hydrogens (tertiary/aromatic N) is 2. The number of carbonyl (C=O) groups is 1. The van der Waals surface area contributed by atoms with Gasteiger partial charge in [-0.2, -0.15) is 5.10 Å². The van der Waals surface area contributed by atoms with Gasteiger partial charge in [-0.25, -0.2) is 0 Å². The summed E-state index contributed by atoms with van der Waals surface area (Å²) in [6, 6.07) is 7.49. The van der Waals surface area contributed by atoms with Crippen molar-refractivity contribution in [2.45, 2.75) is 13.5 Å². The van der Waals surface area contributed by atoms with E-state index in [-0.39, 0.29) is 5.91 Å². The number of aryl methyl sites for hydroxylation is 2. The van der Waals surface area contributed by atoms with Gasteiger partial charge in [0.05, 0.1) is 11.3 Å². The van der Waals surface area contributed by atoms with Crippen molar-refractivity contribution in [3.63, 3.8) is 0 Å². The second-order valence-electron chi connectivity index (χ2n) is 4.16. The van der Waals surface area contributed by atoms with Gasteiger partial charge in [0, 0.05) is 25.5 Å². The molecule has 1 aromatic carbocycles. The Morgan fingerprint density at radius 3 is 2.89 bits per heavy atom. The van der Waals surface area contributed by atoms with Crippen molar-refractivity contribution >= 4 is 11.6 Å². The first-order valence-corrected chi connectivity index (χ1v) is 5.70. The Bertz CT molecular complexity index is 574. The SMILES string of the molecule is Cc1nn(C)cc1C(=O)Nc1cccc(CN)c1. The normalized spacial score (nSPS) is 10.4. The number of amides is 1. The maximum atomic E-state index is 12.1. The van der Waals surface area contributed by atoms with Crippen LogP contribution in [0.2, 0.25) is 0 Å². The third kappa shape index (κ3) is 2.57. The molecule has 2 rings (SSSR count). The molecule has 1 heterocycles. The van der Waals surface area contributed by atoms with E-state index in [1.807, 2.05) is 31.2 Å². The average Bonchev–Trinajstić information content (AvgIpc) is 2.69. The minimum atomic E-state index is -0.158. The minimum absolute atomic E-state index is 0.158. The molecule has 0 aliphatic carbocycles. The number of nitrogens with two attached hydrogens (primary N) is 1. The van der Waals surface area contributed by atoms with E-state index < -0.39 is 0 Å². The van der Waals surface area contributed by atoms with E-state index in [4.69, 9.17) is 5.73 Å². The first kappa shape index (κ1) is 12.3. The lowest BCUT2D eigenvalue weighted by Crippen LogP contribution is -2.12. The summed E-state index contributed by atoms with van der Waals surface area (Å²) >= 11 is 0. The highest BCUT2D eigenvalue weighted by molar-refractivity contribution is 6.04. The van der Waals surface area contributed by atoms with Crippen LogP contribution in [0.15, 0.2) is 30.5 Å². The Kier molecular flexibility index (Phi) is 3.43. The third-order valence-electron chi connectivity index (χ3n) is 2.68. The molecule has 0 radical (unpaired) electrons. The van der Waals surface area contributed by atoms with E-state index in [2.05, 4.69) is 10.4 Å². The molecule has 0 aliphatic heterocycles. The van der Waals surface area contributed by atoms with Crippen molar-refractivity contribution in [2.24, 2.45) is 12.8 Å². The van der Waals surface area contributed by atoms with Crippen LogP contribution in [0, 0.1) is 6.92 Å². The average molecular weight is 244 g/mol. The molecule has 0 atom stereocenters.